The second-order valence-electron chi connectivity index (χ2n) is 9.75. The fourth-order valence-electron chi connectivity index (χ4n) is 4.19. The third-order valence-corrected chi connectivity index (χ3v) is 5.20. The number of nitrogens with one attached hydrogen (secondary N) is 1. The molecule has 2 rings (SSSR count). The van der Waals surface area contributed by atoms with E-state index in [0.717, 1.165) is 10.5 Å². The van der Waals surface area contributed by atoms with Crippen molar-refractivity contribution in [2.75, 3.05) is 11.5 Å². The number of amides is 3. The van der Waals surface area contributed by atoms with Crippen LogP contribution in [0.25, 0.3) is 0 Å². The van der Waals surface area contributed by atoms with Crippen LogP contribution in [0.2, 0.25) is 0 Å². The highest BCUT2D eigenvalue weighted by molar-refractivity contribution is 6.28. The third kappa shape index (κ3) is 6.02. The summed E-state index contributed by atoms with van der Waals surface area (Å²) in [6.07, 6.45) is 3.53. The van der Waals surface area contributed by atoms with E-state index in [-0.39, 0.29) is 23.3 Å². The van der Waals surface area contributed by atoms with E-state index < -0.39 is 11.0 Å². The molecule has 164 valence electrons. The number of carbonyl (C=O) groups is 3. The molecule has 0 aliphatic carbocycles. The zero-order chi connectivity index (χ0) is 22.7. The van der Waals surface area contributed by atoms with Crippen LogP contribution in [0, 0.1) is 0 Å². The molecule has 1 heterocycles. The second-order valence-corrected chi connectivity index (χ2v) is 9.75. The van der Waals surface area contributed by atoms with E-state index in [9.17, 15) is 14.4 Å². The van der Waals surface area contributed by atoms with Gasteiger partial charge in [0.05, 0.1) is 11.3 Å². The van der Waals surface area contributed by atoms with Crippen molar-refractivity contribution >= 4 is 23.4 Å². The lowest BCUT2D eigenvalue weighted by atomic mass is 9.80. The van der Waals surface area contributed by atoms with Crippen LogP contribution < -0.4 is 10.2 Å². The lowest BCUT2D eigenvalue weighted by molar-refractivity contribution is -0.125. The minimum atomic E-state index is -0.411. The van der Waals surface area contributed by atoms with E-state index >= 15 is 0 Å². The summed E-state index contributed by atoms with van der Waals surface area (Å²) in [7, 11) is 0. The van der Waals surface area contributed by atoms with Gasteiger partial charge in [-0.3, -0.25) is 14.4 Å². The van der Waals surface area contributed by atoms with Crippen molar-refractivity contribution in [2.24, 2.45) is 0 Å². The average Bonchev–Trinajstić information content (AvgIpc) is 2.91. The topological polar surface area (TPSA) is 75.7 Å². The van der Waals surface area contributed by atoms with Gasteiger partial charge in [-0.15, -0.1) is 0 Å². The summed E-state index contributed by atoms with van der Waals surface area (Å²) in [4.78, 5) is 37.6. The predicted octanol–water partition coefficient (Wildman–Crippen LogP) is 3.88. The van der Waals surface area contributed by atoms with Crippen LogP contribution in [0.15, 0.2) is 36.4 Å². The molecule has 1 N–H and O–H groups in total. The Bertz CT molecular complexity index is 817. The molecule has 6 heteroatoms. The summed E-state index contributed by atoms with van der Waals surface area (Å²) in [5.74, 6) is -0.720. The third-order valence-electron chi connectivity index (χ3n) is 5.20. The van der Waals surface area contributed by atoms with Crippen LogP contribution in [0.4, 0.5) is 5.69 Å². The van der Waals surface area contributed by atoms with Gasteiger partial charge in [0, 0.05) is 30.7 Å². The molecule has 0 atom stereocenters. The zero-order valence-corrected chi connectivity index (χ0v) is 19.2. The monoisotopic (exact) mass is 414 g/mol. The number of anilines is 1. The maximum absolute atomic E-state index is 12.8. The van der Waals surface area contributed by atoms with Crippen molar-refractivity contribution in [2.45, 2.75) is 77.9 Å². The molecule has 6 nitrogen and oxygen atoms in total. The molecule has 0 saturated heterocycles. The Morgan fingerprint density at radius 1 is 0.967 bits per heavy atom. The standard InChI is InChI=1S/C24H34N2O4/c1-8-30-24(6,7)16-23(4,5)25-19(27)15-22(2,3)17-9-11-18(12-10-17)26-20(28)13-14-21(26)29/h9-14H,8,15-16H2,1-7H3,(H,25,27). The van der Waals surface area contributed by atoms with Gasteiger partial charge in [0.2, 0.25) is 5.91 Å². The fourth-order valence-corrected chi connectivity index (χ4v) is 4.19. The highest BCUT2D eigenvalue weighted by Crippen LogP contribution is 2.30. The fraction of sp³-hybridized carbons (Fsp3) is 0.542. The molecule has 1 aromatic rings. The molecule has 0 saturated carbocycles. The Morgan fingerprint density at radius 3 is 2.00 bits per heavy atom. The van der Waals surface area contributed by atoms with Crippen LogP contribution in [0.5, 0.6) is 0 Å². The molecule has 0 spiro atoms. The maximum Gasteiger partial charge on any atom is 0.258 e. The Morgan fingerprint density at radius 2 is 1.50 bits per heavy atom. The molecule has 1 aliphatic rings. The average molecular weight is 415 g/mol. The van der Waals surface area contributed by atoms with Gasteiger partial charge < -0.3 is 10.1 Å². The van der Waals surface area contributed by atoms with Gasteiger partial charge in [-0.1, -0.05) is 26.0 Å². The first-order valence-corrected chi connectivity index (χ1v) is 10.4. The maximum atomic E-state index is 12.8. The molecule has 0 aromatic heterocycles. The quantitative estimate of drug-likeness (QED) is 0.622. The van der Waals surface area contributed by atoms with Crippen molar-refractivity contribution in [3.63, 3.8) is 0 Å². The van der Waals surface area contributed by atoms with E-state index in [0.29, 0.717) is 25.1 Å². The molecule has 1 aromatic carbocycles. The van der Waals surface area contributed by atoms with Crippen molar-refractivity contribution < 1.29 is 19.1 Å². The number of imide groups is 1. The van der Waals surface area contributed by atoms with Crippen LogP contribution in [0.1, 0.15) is 66.9 Å². The summed E-state index contributed by atoms with van der Waals surface area (Å²) in [6, 6.07) is 7.22. The molecular formula is C24H34N2O4. The summed E-state index contributed by atoms with van der Waals surface area (Å²) in [5, 5.41) is 3.14. The largest absolute Gasteiger partial charge is 0.376 e. The SMILES string of the molecule is CCOC(C)(C)CC(C)(C)NC(=O)CC(C)(C)c1ccc(N2C(=O)C=CC2=O)cc1. The summed E-state index contributed by atoms with van der Waals surface area (Å²) in [5.41, 5.74) is 0.347. The predicted molar refractivity (Wildman–Crippen MR) is 118 cm³/mol. The molecule has 0 unspecified atom stereocenters. The van der Waals surface area contributed by atoms with Gasteiger partial charge in [0.25, 0.3) is 11.8 Å². The Labute approximate surface area is 179 Å². The lowest BCUT2D eigenvalue weighted by Gasteiger charge is -2.36. The molecule has 3 amide bonds. The minimum Gasteiger partial charge on any atom is -0.376 e. The molecule has 30 heavy (non-hydrogen) atoms. The van der Waals surface area contributed by atoms with Gasteiger partial charge >= 0.3 is 0 Å². The van der Waals surface area contributed by atoms with Gasteiger partial charge in [-0.2, -0.15) is 0 Å². The van der Waals surface area contributed by atoms with Crippen molar-refractivity contribution in [3.8, 4) is 0 Å². The van der Waals surface area contributed by atoms with Crippen molar-refractivity contribution in [3.05, 3.63) is 42.0 Å². The van der Waals surface area contributed by atoms with Gasteiger partial charge in [-0.25, -0.2) is 4.90 Å². The van der Waals surface area contributed by atoms with Gasteiger partial charge in [0.1, 0.15) is 0 Å². The van der Waals surface area contributed by atoms with E-state index in [2.05, 4.69) is 5.32 Å². The molecule has 0 fully saturated rings. The van der Waals surface area contributed by atoms with Gasteiger partial charge in [-0.05, 0) is 64.2 Å². The Balaban J connectivity index is 2.04. The number of nitrogens with zero attached hydrogens (tertiary/aromatic N) is 1. The number of benzene rings is 1. The number of hydrogen-bond donors (Lipinski definition) is 1. The van der Waals surface area contributed by atoms with E-state index in [1.807, 2.05) is 60.6 Å². The van der Waals surface area contributed by atoms with Gasteiger partial charge in [0.15, 0.2) is 0 Å². The first-order chi connectivity index (χ1) is 13.8. The first kappa shape index (κ1) is 23.8. The smallest absolute Gasteiger partial charge is 0.258 e. The lowest BCUT2D eigenvalue weighted by Crippen LogP contribution is -2.49. The molecule has 0 radical (unpaired) electrons. The highest BCUT2D eigenvalue weighted by atomic mass is 16.5. The molecular weight excluding hydrogens is 380 g/mol. The Kier molecular flexibility index (Phi) is 6.92. The Hall–Kier alpha value is -2.47. The summed E-state index contributed by atoms with van der Waals surface area (Å²) >= 11 is 0. The normalized spacial score (nSPS) is 15.1. The highest BCUT2D eigenvalue weighted by Gasteiger charge is 2.33. The summed E-state index contributed by atoms with van der Waals surface area (Å²) < 4.78 is 5.78. The van der Waals surface area contributed by atoms with Crippen molar-refractivity contribution in [1.82, 2.24) is 5.32 Å². The van der Waals surface area contributed by atoms with E-state index in [1.165, 1.54) is 12.2 Å². The van der Waals surface area contributed by atoms with E-state index in [4.69, 9.17) is 4.74 Å². The molecule has 0 bridgehead atoms. The van der Waals surface area contributed by atoms with Crippen LogP contribution in [0.3, 0.4) is 0 Å². The number of rotatable bonds is 9. The number of carbonyl (C=O) groups excluding carboxylic acids is 3. The van der Waals surface area contributed by atoms with Crippen molar-refractivity contribution in [1.29, 1.82) is 0 Å². The number of ether oxygens (including phenoxy) is 1. The summed E-state index contributed by atoms with van der Waals surface area (Å²) in [6.45, 7) is 14.7. The van der Waals surface area contributed by atoms with Crippen LogP contribution in [-0.4, -0.2) is 35.5 Å². The van der Waals surface area contributed by atoms with E-state index in [1.54, 1.807) is 12.1 Å². The molecule has 1 aliphatic heterocycles. The van der Waals surface area contributed by atoms with Crippen LogP contribution in [-0.2, 0) is 24.5 Å². The number of hydrogen-bond acceptors (Lipinski definition) is 4. The second kappa shape index (κ2) is 8.72. The van der Waals surface area contributed by atoms with Crippen LogP contribution >= 0.6 is 0 Å². The first-order valence-electron chi connectivity index (χ1n) is 10.4. The minimum absolute atomic E-state index is 0.0320. The zero-order valence-electron chi connectivity index (χ0n) is 19.2.